The van der Waals surface area contributed by atoms with Gasteiger partial charge < -0.3 is 20.9 Å². The number of piperazine rings is 1. The number of rotatable bonds is 6. The smallest absolute Gasteiger partial charge is 0.261 e. The molecule has 0 atom stereocenters. The molecular weight excluding hydrogens is 434 g/mol. The first-order valence-electron chi connectivity index (χ1n) is 12.0. The summed E-state index contributed by atoms with van der Waals surface area (Å²) in [5.41, 5.74) is 3.17. The first-order valence-corrected chi connectivity index (χ1v) is 12.9. The quantitative estimate of drug-likeness (QED) is 0.512. The summed E-state index contributed by atoms with van der Waals surface area (Å²) in [6.07, 6.45) is 10.6. The van der Waals surface area contributed by atoms with Gasteiger partial charge in [0, 0.05) is 37.8 Å². The van der Waals surface area contributed by atoms with Crippen molar-refractivity contribution in [1.29, 1.82) is 0 Å². The van der Waals surface area contributed by atoms with Crippen molar-refractivity contribution in [3.05, 3.63) is 35.0 Å². The minimum atomic E-state index is 0.0575. The fourth-order valence-corrected chi connectivity index (χ4v) is 6.00. The maximum Gasteiger partial charge on any atom is 0.261 e. The number of pyridine rings is 1. The predicted octanol–water partition coefficient (Wildman–Crippen LogP) is 3.79. The van der Waals surface area contributed by atoms with Crippen LogP contribution in [0.25, 0.3) is 10.2 Å². The van der Waals surface area contributed by atoms with Crippen molar-refractivity contribution in [3.63, 3.8) is 0 Å². The first-order chi connectivity index (χ1) is 16.2. The minimum Gasteiger partial charge on any atom is -0.368 e. The molecule has 1 aliphatic heterocycles. The van der Waals surface area contributed by atoms with Crippen LogP contribution in [-0.2, 0) is 0 Å². The molecule has 2 aliphatic carbocycles. The van der Waals surface area contributed by atoms with Crippen molar-refractivity contribution in [1.82, 2.24) is 25.6 Å². The normalized spacial score (nSPS) is 19.2. The van der Waals surface area contributed by atoms with Gasteiger partial charge in [-0.05, 0) is 43.7 Å². The van der Waals surface area contributed by atoms with Gasteiger partial charge in [-0.2, -0.15) is 0 Å². The molecule has 3 aromatic heterocycles. The molecule has 4 heterocycles. The van der Waals surface area contributed by atoms with Gasteiger partial charge in [-0.3, -0.25) is 4.79 Å². The Bertz CT molecular complexity index is 1150. The SMILES string of the molecule is O=C(NC1CC1)c1sc2cnc(Nc3ccc(N4CCNCC4)cn3)nc2c1C1CCCC1. The van der Waals surface area contributed by atoms with Crippen LogP contribution in [0.5, 0.6) is 0 Å². The molecule has 0 spiro atoms. The Hall–Kier alpha value is -2.78. The highest BCUT2D eigenvalue weighted by molar-refractivity contribution is 7.21. The summed E-state index contributed by atoms with van der Waals surface area (Å²) < 4.78 is 0.977. The maximum atomic E-state index is 13.0. The van der Waals surface area contributed by atoms with E-state index in [2.05, 4.69) is 36.9 Å². The number of aromatic nitrogens is 3. The van der Waals surface area contributed by atoms with E-state index in [0.29, 0.717) is 17.9 Å². The fraction of sp³-hybridized carbons (Fsp3) is 0.500. The van der Waals surface area contributed by atoms with Gasteiger partial charge in [0.15, 0.2) is 0 Å². The number of fused-ring (bicyclic) bond motifs is 1. The van der Waals surface area contributed by atoms with Crippen molar-refractivity contribution in [2.45, 2.75) is 50.5 Å². The second-order valence-electron chi connectivity index (χ2n) is 9.24. The van der Waals surface area contributed by atoms with Crippen LogP contribution in [0.3, 0.4) is 0 Å². The third kappa shape index (κ3) is 4.39. The van der Waals surface area contributed by atoms with Crippen molar-refractivity contribution >= 4 is 44.9 Å². The number of amides is 1. The number of nitrogens with one attached hydrogen (secondary N) is 3. The highest BCUT2D eigenvalue weighted by Crippen LogP contribution is 2.43. The van der Waals surface area contributed by atoms with Crippen molar-refractivity contribution in [2.24, 2.45) is 0 Å². The number of thiophene rings is 1. The van der Waals surface area contributed by atoms with Gasteiger partial charge >= 0.3 is 0 Å². The van der Waals surface area contributed by atoms with Crippen LogP contribution >= 0.6 is 11.3 Å². The Morgan fingerprint density at radius 1 is 1.06 bits per heavy atom. The van der Waals surface area contributed by atoms with Crippen LogP contribution < -0.4 is 20.9 Å². The van der Waals surface area contributed by atoms with Crippen LogP contribution in [-0.4, -0.2) is 53.1 Å². The van der Waals surface area contributed by atoms with Crippen LogP contribution in [0.4, 0.5) is 17.5 Å². The topological polar surface area (TPSA) is 95.1 Å². The largest absolute Gasteiger partial charge is 0.368 e. The van der Waals surface area contributed by atoms with Gasteiger partial charge in [0.25, 0.3) is 5.91 Å². The molecule has 2 saturated carbocycles. The summed E-state index contributed by atoms with van der Waals surface area (Å²) in [4.78, 5) is 30.2. The van der Waals surface area contributed by atoms with E-state index in [4.69, 9.17) is 4.98 Å². The molecule has 0 aromatic carbocycles. The molecule has 1 amide bonds. The molecule has 3 fully saturated rings. The van der Waals surface area contributed by atoms with E-state index in [1.54, 1.807) is 0 Å². The lowest BCUT2D eigenvalue weighted by Crippen LogP contribution is -2.43. The van der Waals surface area contributed by atoms with Crippen molar-refractivity contribution < 1.29 is 4.79 Å². The van der Waals surface area contributed by atoms with E-state index in [1.165, 1.54) is 24.2 Å². The zero-order valence-corrected chi connectivity index (χ0v) is 19.5. The molecule has 3 aliphatic rings. The van der Waals surface area contributed by atoms with Gasteiger partial charge in [0.2, 0.25) is 5.95 Å². The lowest BCUT2D eigenvalue weighted by molar-refractivity contribution is 0.0954. The summed E-state index contributed by atoms with van der Waals surface area (Å²) in [7, 11) is 0. The highest BCUT2D eigenvalue weighted by Gasteiger charge is 2.31. The second-order valence-corrected chi connectivity index (χ2v) is 10.3. The number of hydrogen-bond acceptors (Lipinski definition) is 8. The Kier molecular flexibility index (Phi) is 5.59. The van der Waals surface area contributed by atoms with Crippen molar-refractivity contribution in [3.8, 4) is 0 Å². The summed E-state index contributed by atoms with van der Waals surface area (Å²) in [6, 6.07) is 4.41. The van der Waals surface area contributed by atoms with Crippen molar-refractivity contribution in [2.75, 3.05) is 36.4 Å². The zero-order valence-electron chi connectivity index (χ0n) is 18.6. The molecule has 172 valence electrons. The molecule has 3 aromatic rings. The lowest BCUT2D eigenvalue weighted by Gasteiger charge is -2.29. The Balaban J connectivity index is 1.27. The summed E-state index contributed by atoms with van der Waals surface area (Å²) in [5.74, 6) is 1.70. The third-order valence-corrected chi connectivity index (χ3v) is 7.95. The summed E-state index contributed by atoms with van der Waals surface area (Å²) >= 11 is 1.53. The van der Waals surface area contributed by atoms with E-state index >= 15 is 0 Å². The number of carbonyl (C=O) groups is 1. The van der Waals surface area contributed by atoms with Gasteiger partial charge in [-0.1, -0.05) is 12.8 Å². The average molecular weight is 464 g/mol. The molecular formula is C24H29N7OS. The Morgan fingerprint density at radius 3 is 2.61 bits per heavy atom. The molecule has 8 nitrogen and oxygen atoms in total. The van der Waals surface area contributed by atoms with Gasteiger partial charge in [0.05, 0.1) is 33.2 Å². The average Bonchev–Trinajstić information content (AvgIpc) is 3.34. The fourth-order valence-electron chi connectivity index (χ4n) is 4.90. The molecule has 0 bridgehead atoms. The summed E-state index contributed by atoms with van der Waals surface area (Å²) in [5, 5.41) is 9.81. The highest BCUT2D eigenvalue weighted by atomic mass is 32.1. The van der Waals surface area contributed by atoms with Crippen LogP contribution in [0.15, 0.2) is 24.5 Å². The number of hydrogen-bond donors (Lipinski definition) is 3. The number of carbonyl (C=O) groups excluding carboxylic acids is 1. The predicted molar refractivity (Wildman–Crippen MR) is 132 cm³/mol. The zero-order chi connectivity index (χ0) is 22.2. The van der Waals surface area contributed by atoms with Gasteiger partial charge in [-0.15, -0.1) is 11.3 Å². The molecule has 6 rings (SSSR count). The van der Waals surface area contributed by atoms with Gasteiger partial charge in [-0.25, -0.2) is 15.0 Å². The monoisotopic (exact) mass is 463 g/mol. The Morgan fingerprint density at radius 2 is 1.88 bits per heavy atom. The standard InChI is InChI=1S/C24H29N7OS/c32-23(28-16-5-6-16)22-20(15-3-1-2-4-15)21-18(33-22)14-27-24(30-21)29-19-8-7-17(13-26-19)31-11-9-25-10-12-31/h7-8,13-16,25H,1-6,9-12H2,(H,28,32)(H,26,27,29,30). The van der Waals surface area contributed by atoms with Crippen LogP contribution in [0, 0.1) is 0 Å². The molecule has 0 radical (unpaired) electrons. The van der Waals surface area contributed by atoms with E-state index in [-0.39, 0.29) is 5.91 Å². The lowest BCUT2D eigenvalue weighted by atomic mass is 9.96. The molecule has 3 N–H and O–H groups in total. The summed E-state index contributed by atoms with van der Waals surface area (Å²) in [6.45, 7) is 3.98. The van der Waals surface area contributed by atoms with E-state index < -0.39 is 0 Å². The van der Waals surface area contributed by atoms with E-state index in [9.17, 15) is 4.79 Å². The Labute approximate surface area is 197 Å². The minimum absolute atomic E-state index is 0.0575. The second kappa shape index (κ2) is 8.87. The molecule has 33 heavy (non-hydrogen) atoms. The first kappa shape index (κ1) is 20.8. The number of anilines is 3. The molecule has 1 saturated heterocycles. The maximum absolute atomic E-state index is 13.0. The van der Waals surface area contributed by atoms with E-state index in [1.807, 2.05) is 18.5 Å². The van der Waals surface area contributed by atoms with E-state index in [0.717, 1.165) is 84.0 Å². The van der Waals surface area contributed by atoms with Crippen LogP contribution in [0.2, 0.25) is 0 Å². The number of nitrogens with zero attached hydrogens (tertiary/aromatic N) is 4. The van der Waals surface area contributed by atoms with Gasteiger partial charge in [0.1, 0.15) is 5.82 Å². The molecule has 9 heteroatoms. The molecule has 0 unspecified atom stereocenters. The van der Waals surface area contributed by atoms with Crippen LogP contribution in [0.1, 0.15) is 59.7 Å². The third-order valence-electron chi connectivity index (χ3n) is 6.82.